The molecule has 4 heteroatoms. The maximum atomic E-state index is 12.0. The van der Waals surface area contributed by atoms with Gasteiger partial charge in [0.25, 0.3) is 0 Å². The van der Waals surface area contributed by atoms with Crippen molar-refractivity contribution in [3.63, 3.8) is 0 Å². The van der Waals surface area contributed by atoms with Gasteiger partial charge >= 0.3 is 0 Å². The molecule has 2 unspecified atom stereocenters. The van der Waals surface area contributed by atoms with Gasteiger partial charge in [-0.25, -0.2) is 0 Å². The summed E-state index contributed by atoms with van der Waals surface area (Å²) in [6.45, 7) is 8.16. The first-order valence-electron chi connectivity index (χ1n) is 7.39. The van der Waals surface area contributed by atoms with Gasteiger partial charge in [-0.15, -0.1) is 0 Å². The molecular formula is C14H27N3O. The van der Waals surface area contributed by atoms with E-state index >= 15 is 0 Å². The Morgan fingerprint density at radius 1 is 1.39 bits per heavy atom. The van der Waals surface area contributed by atoms with E-state index in [0.717, 1.165) is 44.9 Å². The van der Waals surface area contributed by atoms with Gasteiger partial charge in [-0.2, -0.15) is 0 Å². The first-order chi connectivity index (χ1) is 8.62. The number of rotatable bonds is 7. The van der Waals surface area contributed by atoms with Crippen LogP contribution in [0.3, 0.4) is 0 Å². The molecule has 0 aromatic rings. The van der Waals surface area contributed by atoms with Crippen molar-refractivity contribution in [3.8, 4) is 0 Å². The lowest BCUT2D eigenvalue weighted by Gasteiger charge is -2.35. The van der Waals surface area contributed by atoms with Gasteiger partial charge in [0.05, 0.1) is 0 Å². The molecule has 4 nitrogen and oxygen atoms in total. The maximum Gasteiger partial charge on any atom is 0.239 e. The average molecular weight is 253 g/mol. The van der Waals surface area contributed by atoms with E-state index in [2.05, 4.69) is 24.1 Å². The predicted octanol–water partition coefficient (Wildman–Crippen LogP) is 0.962. The van der Waals surface area contributed by atoms with Gasteiger partial charge in [-0.3, -0.25) is 4.79 Å². The van der Waals surface area contributed by atoms with E-state index < -0.39 is 5.54 Å². The van der Waals surface area contributed by atoms with Crippen LogP contribution in [0.2, 0.25) is 0 Å². The second-order valence-electron chi connectivity index (χ2n) is 5.94. The van der Waals surface area contributed by atoms with Crippen molar-refractivity contribution in [1.82, 2.24) is 10.2 Å². The normalized spacial score (nSPS) is 28.2. The van der Waals surface area contributed by atoms with Crippen molar-refractivity contribution in [2.75, 3.05) is 26.2 Å². The summed E-state index contributed by atoms with van der Waals surface area (Å²) in [7, 11) is 0. The summed E-state index contributed by atoms with van der Waals surface area (Å²) in [5.74, 6) is 1.10. The van der Waals surface area contributed by atoms with E-state index in [9.17, 15) is 4.79 Å². The predicted molar refractivity (Wildman–Crippen MR) is 73.2 cm³/mol. The van der Waals surface area contributed by atoms with Gasteiger partial charge in [-0.05, 0) is 44.2 Å². The number of hydrogen-bond donors (Lipinski definition) is 2. The smallest absolute Gasteiger partial charge is 0.239 e. The summed E-state index contributed by atoms with van der Waals surface area (Å²) in [4.78, 5) is 14.4. The summed E-state index contributed by atoms with van der Waals surface area (Å²) in [6.07, 6.45) is 4.79. The minimum absolute atomic E-state index is 0.160. The van der Waals surface area contributed by atoms with Gasteiger partial charge in [0, 0.05) is 13.1 Å². The largest absolute Gasteiger partial charge is 0.368 e. The maximum absolute atomic E-state index is 12.0. The highest BCUT2D eigenvalue weighted by Crippen LogP contribution is 2.40. The number of likely N-dealkylation sites (tertiary alicyclic amines) is 1. The van der Waals surface area contributed by atoms with Crippen molar-refractivity contribution in [2.45, 2.75) is 45.1 Å². The second-order valence-corrected chi connectivity index (χ2v) is 5.94. The molecule has 1 saturated carbocycles. The first kappa shape index (κ1) is 13.8. The number of nitrogens with one attached hydrogen (secondary N) is 1. The zero-order chi connectivity index (χ0) is 13.2. The van der Waals surface area contributed by atoms with Gasteiger partial charge in [0.2, 0.25) is 5.91 Å². The Morgan fingerprint density at radius 3 is 2.56 bits per heavy atom. The molecule has 2 atom stereocenters. The highest BCUT2D eigenvalue weighted by atomic mass is 16.1. The Bertz CT molecular complexity index is 303. The van der Waals surface area contributed by atoms with Crippen LogP contribution < -0.4 is 11.1 Å². The van der Waals surface area contributed by atoms with Crippen LogP contribution in [0.1, 0.15) is 39.5 Å². The number of primary amides is 1. The number of amides is 1. The molecule has 1 amide bonds. The Kier molecular flexibility index (Phi) is 4.28. The topological polar surface area (TPSA) is 58.4 Å². The average Bonchev–Trinajstić information content (AvgIpc) is 3.10. The lowest BCUT2D eigenvalue weighted by molar-refractivity contribution is -0.126. The molecule has 1 saturated heterocycles. The quantitative estimate of drug-likeness (QED) is 0.710. The Balaban J connectivity index is 2.03. The van der Waals surface area contributed by atoms with Gasteiger partial charge in [0.1, 0.15) is 5.54 Å². The Morgan fingerprint density at radius 2 is 2.11 bits per heavy atom. The SMILES string of the molecule is CCNC(CN1CCC(CC)C1)(C(N)=O)C1CC1. The fourth-order valence-corrected chi connectivity index (χ4v) is 3.33. The summed E-state index contributed by atoms with van der Waals surface area (Å²) in [6, 6.07) is 0. The molecule has 0 bridgehead atoms. The third kappa shape index (κ3) is 2.69. The van der Waals surface area contributed by atoms with Gasteiger partial charge < -0.3 is 16.0 Å². The lowest BCUT2D eigenvalue weighted by Crippen LogP contribution is -2.63. The molecule has 2 fully saturated rings. The summed E-state index contributed by atoms with van der Waals surface area (Å²) in [5, 5.41) is 3.40. The summed E-state index contributed by atoms with van der Waals surface area (Å²) >= 11 is 0. The number of carbonyl (C=O) groups is 1. The van der Waals surface area contributed by atoms with Crippen LogP contribution in [0.5, 0.6) is 0 Å². The van der Waals surface area contributed by atoms with Crippen LogP contribution in [-0.4, -0.2) is 42.5 Å². The summed E-state index contributed by atoms with van der Waals surface area (Å²) < 4.78 is 0. The van der Waals surface area contributed by atoms with Crippen LogP contribution in [0.4, 0.5) is 0 Å². The zero-order valence-electron chi connectivity index (χ0n) is 11.7. The van der Waals surface area contributed by atoms with Gasteiger partial charge in [-0.1, -0.05) is 20.3 Å². The molecule has 2 aliphatic rings. The van der Waals surface area contributed by atoms with Crippen molar-refractivity contribution in [2.24, 2.45) is 17.6 Å². The van der Waals surface area contributed by atoms with Crippen LogP contribution in [0.25, 0.3) is 0 Å². The van der Waals surface area contributed by atoms with Crippen molar-refractivity contribution in [1.29, 1.82) is 0 Å². The minimum atomic E-state index is -0.475. The number of likely N-dealkylation sites (N-methyl/N-ethyl adjacent to an activating group) is 1. The fraction of sp³-hybridized carbons (Fsp3) is 0.929. The molecule has 1 aliphatic carbocycles. The number of nitrogens with zero attached hydrogens (tertiary/aromatic N) is 1. The third-order valence-corrected chi connectivity index (χ3v) is 4.63. The van der Waals surface area contributed by atoms with Crippen molar-refractivity contribution >= 4 is 5.91 Å². The van der Waals surface area contributed by atoms with E-state index in [1.807, 2.05) is 0 Å². The highest BCUT2D eigenvalue weighted by molar-refractivity contribution is 5.86. The van der Waals surface area contributed by atoms with E-state index in [1.54, 1.807) is 0 Å². The molecule has 0 aromatic heterocycles. The molecule has 0 spiro atoms. The molecule has 0 radical (unpaired) electrons. The molecule has 18 heavy (non-hydrogen) atoms. The summed E-state index contributed by atoms with van der Waals surface area (Å²) in [5.41, 5.74) is 5.24. The minimum Gasteiger partial charge on any atom is -0.368 e. The monoisotopic (exact) mass is 253 g/mol. The van der Waals surface area contributed by atoms with Crippen molar-refractivity contribution in [3.05, 3.63) is 0 Å². The highest BCUT2D eigenvalue weighted by Gasteiger charge is 2.50. The third-order valence-electron chi connectivity index (χ3n) is 4.63. The van der Waals surface area contributed by atoms with Gasteiger partial charge in [0.15, 0.2) is 0 Å². The van der Waals surface area contributed by atoms with E-state index in [4.69, 9.17) is 5.73 Å². The Labute approximate surface area is 110 Å². The molecule has 0 aromatic carbocycles. The molecular weight excluding hydrogens is 226 g/mol. The molecule has 3 N–H and O–H groups in total. The first-order valence-corrected chi connectivity index (χ1v) is 7.39. The standard InChI is InChI=1S/C14H27N3O/c1-3-11-7-8-17(9-11)10-14(13(15)18,16-4-2)12-5-6-12/h11-12,16H,3-10H2,1-2H3,(H2,15,18). The molecule has 104 valence electrons. The molecule has 1 heterocycles. The molecule has 1 aliphatic heterocycles. The number of nitrogens with two attached hydrogens (primary N) is 1. The second kappa shape index (κ2) is 5.57. The number of hydrogen-bond acceptors (Lipinski definition) is 3. The van der Waals surface area contributed by atoms with E-state index in [1.165, 1.54) is 12.8 Å². The lowest BCUT2D eigenvalue weighted by atomic mass is 9.91. The van der Waals surface area contributed by atoms with Crippen LogP contribution in [0, 0.1) is 11.8 Å². The fourth-order valence-electron chi connectivity index (χ4n) is 3.33. The van der Waals surface area contributed by atoms with Crippen LogP contribution >= 0.6 is 0 Å². The van der Waals surface area contributed by atoms with Crippen LogP contribution in [0.15, 0.2) is 0 Å². The van der Waals surface area contributed by atoms with Crippen LogP contribution in [-0.2, 0) is 4.79 Å². The zero-order valence-corrected chi connectivity index (χ0v) is 11.7. The Hall–Kier alpha value is -0.610. The number of carbonyl (C=O) groups excluding carboxylic acids is 1. The van der Waals surface area contributed by atoms with E-state index in [0.29, 0.717) is 5.92 Å². The van der Waals surface area contributed by atoms with E-state index in [-0.39, 0.29) is 5.91 Å². The molecule has 2 rings (SSSR count). The van der Waals surface area contributed by atoms with Crippen molar-refractivity contribution < 1.29 is 4.79 Å².